The maximum absolute atomic E-state index is 14.2. The molecule has 0 unspecified atom stereocenters. The number of aromatic nitrogens is 4. The van der Waals surface area contributed by atoms with Gasteiger partial charge in [-0.05, 0) is 44.2 Å². The molecule has 136 valence electrons. The Morgan fingerprint density at radius 3 is 2.70 bits per heavy atom. The second-order valence-electron chi connectivity index (χ2n) is 6.30. The largest absolute Gasteiger partial charge is 0.345 e. The first-order chi connectivity index (χ1) is 13.1. The summed E-state index contributed by atoms with van der Waals surface area (Å²) in [6.07, 6.45) is 1.85. The average Bonchev–Trinajstić information content (AvgIpc) is 3.21. The fourth-order valence-corrected chi connectivity index (χ4v) is 3.26. The molecule has 0 bridgehead atoms. The van der Waals surface area contributed by atoms with Crippen LogP contribution >= 0.6 is 0 Å². The summed E-state index contributed by atoms with van der Waals surface area (Å²) in [5, 5.41) is 11.1. The molecule has 0 spiro atoms. The number of aryl methyl sites for hydroxylation is 1. The van der Waals surface area contributed by atoms with E-state index in [2.05, 4.69) is 15.5 Å². The summed E-state index contributed by atoms with van der Waals surface area (Å²) >= 11 is 0. The molecule has 1 N–H and O–H groups in total. The van der Waals surface area contributed by atoms with Crippen LogP contribution in [0, 0.1) is 19.7 Å². The molecule has 27 heavy (non-hydrogen) atoms. The standard InChI is InChI=1S/C20H18FN5O/c1-13-11-15(14(2)26(13)17-8-4-3-7-16(17)21)20(27)22-12-19-24-23-18-9-5-6-10-25(18)19/h3-11H,12H2,1-2H3,(H,22,27). The summed E-state index contributed by atoms with van der Waals surface area (Å²) in [5.41, 5.74) is 3.12. The molecule has 6 nitrogen and oxygen atoms in total. The molecule has 3 aromatic heterocycles. The zero-order valence-corrected chi connectivity index (χ0v) is 15.0. The van der Waals surface area contributed by atoms with Gasteiger partial charge in [-0.2, -0.15) is 0 Å². The van der Waals surface area contributed by atoms with Gasteiger partial charge >= 0.3 is 0 Å². The third kappa shape index (κ3) is 2.97. The van der Waals surface area contributed by atoms with Gasteiger partial charge in [-0.25, -0.2) is 4.39 Å². The molecule has 0 aliphatic rings. The van der Waals surface area contributed by atoms with Crippen molar-refractivity contribution in [1.29, 1.82) is 0 Å². The number of halogens is 1. The Kier molecular flexibility index (Phi) is 4.19. The van der Waals surface area contributed by atoms with Gasteiger partial charge in [-0.1, -0.05) is 18.2 Å². The van der Waals surface area contributed by atoms with E-state index < -0.39 is 0 Å². The van der Waals surface area contributed by atoms with Crippen molar-refractivity contribution in [3.8, 4) is 5.69 Å². The molecule has 3 heterocycles. The highest BCUT2D eigenvalue weighted by Gasteiger charge is 2.18. The van der Waals surface area contributed by atoms with E-state index in [1.165, 1.54) is 6.07 Å². The number of carbonyl (C=O) groups is 1. The van der Waals surface area contributed by atoms with Gasteiger partial charge in [0.05, 0.1) is 17.8 Å². The molecule has 0 atom stereocenters. The number of hydrogen-bond acceptors (Lipinski definition) is 3. The normalized spacial score (nSPS) is 11.1. The second-order valence-corrected chi connectivity index (χ2v) is 6.30. The molecule has 0 saturated carbocycles. The first-order valence-corrected chi connectivity index (χ1v) is 8.57. The highest BCUT2D eigenvalue weighted by molar-refractivity contribution is 5.95. The van der Waals surface area contributed by atoms with E-state index in [-0.39, 0.29) is 18.3 Å². The van der Waals surface area contributed by atoms with E-state index in [0.29, 0.717) is 22.8 Å². The Morgan fingerprint density at radius 2 is 1.89 bits per heavy atom. The van der Waals surface area contributed by atoms with Gasteiger partial charge in [-0.3, -0.25) is 9.20 Å². The van der Waals surface area contributed by atoms with Crippen molar-refractivity contribution in [3.63, 3.8) is 0 Å². The zero-order valence-electron chi connectivity index (χ0n) is 15.0. The number of amides is 1. The molecule has 4 aromatic rings. The number of carbonyl (C=O) groups excluding carboxylic acids is 1. The summed E-state index contributed by atoms with van der Waals surface area (Å²) < 4.78 is 17.8. The van der Waals surface area contributed by atoms with Gasteiger partial charge in [0.2, 0.25) is 0 Å². The SMILES string of the molecule is Cc1cc(C(=O)NCc2nnc3ccccn23)c(C)n1-c1ccccc1F. The van der Waals surface area contributed by atoms with Crippen LogP contribution in [0.4, 0.5) is 4.39 Å². The molecule has 4 rings (SSSR count). The van der Waals surface area contributed by atoms with Gasteiger partial charge in [0, 0.05) is 17.6 Å². The van der Waals surface area contributed by atoms with Crippen molar-refractivity contribution in [2.45, 2.75) is 20.4 Å². The Labute approximate surface area is 155 Å². The van der Waals surface area contributed by atoms with Crippen LogP contribution in [0.15, 0.2) is 54.7 Å². The second kappa shape index (κ2) is 6.68. The first-order valence-electron chi connectivity index (χ1n) is 8.57. The zero-order chi connectivity index (χ0) is 19.0. The number of hydrogen-bond donors (Lipinski definition) is 1. The van der Waals surface area contributed by atoms with Crippen LogP contribution in [0.2, 0.25) is 0 Å². The Morgan fingerprint density at radius 1 is 1.11 bits per heavy atom. The molecule has 0 aliphatic carbocycles. The van der Waals surface area contributed by atoms with Crippen LogP contribution in [0.25, 0.3) is 11.3 Å². The van der Waals surface area contributed by atoms with Crippen LogP contribution in [-0.4, -0.2) is 25.1 Å². The van der Waals surface area contributed by atoms with Gasteiger partial charge in [0.15, 0.2) is 11.5 Å². The molecule has 7 heteroatoms. The van der Waals surface area contributed by atoms with Crippen LogP contribution in [0.3, 0.4) is 0 Å². The van der Waals surface area contributed by atoms with Gasteiger partial charge in [0.1, 0.15) is 5.82 Å². The van der Waals surface area contributed by atoms with Crippen molar-refractivity contribution < 1.29 is 9.18 Å². The lowest BCUT2D eigenvalue weighted by molar-refractivity contribution is 0.0949. The van der Waals surface area contributed by atoms with E-state index in [0.717, 1.165) is 11.3 Å². The smallest absolute Gasteiger partial charge is 0.253 e. The summed E-state index contributed by atoms with van der Waals surface area (Å²) in [5.74, 6) is 0.0708. The highest BCUT2D eigenvalue weighted by atomic mass is 19.1. The summed E-state index contributed by atoms with van der Waals surface area (Å²) in [4.78, 5) is 12.7. The number of pyridine rings is 1. The third-order valence-corrected chi connectivity index (χ3v) is 4.56. The molecule has 1 amide bonds. The van der Waals surface area contributed by atoms with Gasteiger partial charge in [0.25, 0.3) is 5.91 Å². The van der Waals surface area contributed by atoms with Crippen molar-refractivity contribution >= 4 is 11.6 Å². The minimum atomic E-state index is -0.332. The van der Waals surface area contributed by atoms with Crippen LogP contribution < -0.4 is 5.32 Å². The lowest BCUT2D eigenvalue weighted by Crippen LogP contribution is -2.24. The Hall–Kier alpha value is -3.48. The predicted octanol–water partition coefficient (Wildman–Crippen LogP) is 3.21. The van der Waals surface area contributed by atoms with Crippen molar-refractivity contribution in [3.05, 3.63) is 83.3 Å². The first kappa shape index (κ1) is 17.0. The average molecular weight is 363 g/mol. The Balaban J connectivity index is 1.60. The van der Waals surface area contributed by atoms with Gasteiger partial charge < -0.3 is 9.88 Å². The van der Waals surface area contributed by atoms with Crippen molar-refractivity contribution in [2.75, 3.05) is 0 Å². The molecule has 0 radical (unpaired) electrons. The van der Waals surface area contributed by atoms with Crippen LogP contribution in [0.1, 0.15) is 27.6 Å². The van der Waals surface area contributed by atoms with Crippen molar-refractivity contribution in [2.24, 2.45) is 0 Å². The topological polar surface area (TPSA) is 64.2 Å². The van der Waals surface area contributed by atoms with E-state index in [1.54, 1.807) is 35.8 Å². The number of nitrogens with zero attached hydrogens (tertiary/aromatic N) is 4. The van der Waals surface area contributed by atoms with E-state index in [9.17, 15) is 9.18 Å². The van der Waals surface area contributed by atoms with Crippen LogP contribution in [-0.2, 0) is 6.54 Å². The number of para-hydroxylation sites is 1. The molecule has 0 aliphatic heterocycles. The fourth-order valence-electron chi connectivity index (χ4n) is 3.26. The Bertz CT molecular complexity index is 1140. The lowest BCUT2D eigenvalue weighted by Gasteiger charge is -2.11. The predicted molar refractivity (Wildman–Crippen MR) is 99.4 cm³/mol. The van der Waals surface area contributed by atoms with E-state index in [4.69, 9.17) is 0 Å². The highest BCUT2D eigenvalue weighted by Crippen LogP contribution is 2.22. The molecule has 0 saturated heterocycles. The number of fused-ring (bicyclic) bond motifs is 1. The minimum absolute atomic E-state index is 0.238. The number of rotatable bonds is 4. The summed E-state index contributed by atoms with van der Waals surface area (Å²) in [6, 6.07) is 13.9. The maximum atomic E-state index is 14.2. The molecule has 1 aromatic carbocycles. The van der Waals surface area contributed by atoms with Crippen molar-refractivity contribution in [1.82, 2.24) is 24.5 Å². The molecular weight excluding hydrogens is 345 g/mol. The van der Waals surface area contributed by atoms with E-state index >= 15 is 0 Å². The maximum Gasteiger partial charge on any atom is 0.253 e. The lowest BCUT2D eigenvalue weighted by atomic mass is 10.2. The number of nitrogens with one attached hydrogen (secondary N) is 1. The third-order valence-electron chi connectivity index (χ3n) is 4.56. The molecule has 0 fully saturated rings. The summed E-state index contributed by atoms with van der Waals surface area (Å²) in [7, 11) is 0. The monoisotopic (exact) mass is 363 g/mol. The summed E-state index contributed by atoms with van der Waals surface area (Å²) in [6.45, 7) is 3.90. The van der Waals surface area contributed by atoms with Crippen LogP contribution in [0.5, 0.6) is 0 Å². The molecular formula is C20H18FN5O. The van der Waals surface area contributed by atoms with E-state index in [1.807, 2.05) is 35.7 Å². The van der Waals surface area contributed by atoms with Gasteiger partial charge in [-0.15, -0.1) is 10.2 Å². The fraction of sp³-hybridized carbons (Fsp3) is 0.150. The minimum Gasteiger partial charge on any atom is -0.345 e. The number of benzene rings is 1. The quantitative estimate of drug-likeness (QED) is 0.606.